The fourth-order valence-corrected chi connectivity index (χ4v) is 4.49. The topological polar surface area (TPSA) is 90.3 Å². The molecule has 0 bridgehead atoms. The van der Waals surface area contributed by atoms with Crippen LogP contribution in [0.4, 0.5) is 5.69 Å². The maximum Gasteiger partial charge on any atom is 0.240 e. The molecule has 2 heterocycles. The van der Waals surface area contributed by atoms with Gasteiger partial charge in [0.05, 0.1) is 19.3 Å². The number of fused-ring (bicyclic) bond motifs is 1. The molecular weight excluding hydrogens is 414 g/mol. The largest absolute Gasteiger partial charge is 0.494 e. The van der Waals surface area contributed by atoms with Crippen molar-refractivity contribution < 1.29 is 14.3 Å². The zero-order valence-electron chi connectivity index (χ0n) is 17.7. The van der Waals surface area contributed by atoms with E-state index < -0.39 is 5.25 Å². The number of ether oxygens (including phenoxy) is 2. The van der Waals surface area contributed by atoms with Crippen LogP contribution in [-0.4, -0.2) is 39.2 Å². The molecule has 31 heavy (non-hydrogen) atoms. The molecule has 9 heteroatoms. The molecule has 162 valence electrons. The summed E-state index contributed by atoms with van der Waals surface area (Å²) in [4.78, 5) is 13.3. The van der Waals surface area contributed by atoms with Crippen LogP contribution in [0.25, 0.3) is 0 Å². The minimum atomic E-state index is -0.444. The second-order valence-electron chi connectivity index (χ2n) is 6.96. The highest BCUT2D eigenvalue weighted by molar-refractivity contribution is 8.00. The summed E-state index contributed by atoms with van der Waals surface area (Å²) in [5.74, 6) is 2.19. The Labute approximate surface area is 185 Å². The van der Waals surface area contributed by atoms with Gasteiger partial charge in [0, 0.05) is 5.69 Å². The van der Waals surface area contributed by atoms with Crippen LogP contribution in [0.2, 0.25) is 0 Å². The van der Waals surface area contributed by atoms with Gasteiger partial charge in [-0.15, -0.1) is 10.2 Å². The Balaban J connectivity index is 1.58. The summed E-state index contributed by atoms with van der Waals surface area (Å²) in [5.41, 5.74) is 5.09. The Bertz CT molecular complexity index is 1040. The number of hydrogen-bond acceptors (Lipinski definition) is 7. The van der Waals surface area contributed by atoms with Crippen LogP contribution < -0.4 is 20.2 Å². The first-order valence-corrected chi connectivity index (χ1v) is 11.1. The van der Waals surface area contributed by atoms with Gasteiger partial charge in [-0.1, -0.05) is 23.9 Å². The minimum absolute atomic E-state index is 0.118. The van der Waals surface area contributed by atoms with Gasteiger partial charge in [-0.3, -0.25) is 4.79 Å². The number of nitrogens with one attached hydrogen (secondary N) is 2. The molecular formula is C22H25N5O3S. The molecule has 0 radical (unpaired) electrons. The smallest absolute Gasteiger partial charge is 0.240 e. The van der Waals surface area contributed by atoms with E-state index >= 15 is 0 Å². The van der Waals surface area contributed by atoms with Gasteiger partial charge in [0.2, 0.25) is 11.1 Å². The van der Waals surface area contributed by atoms with Gasteiger partial charge in [0.15, 0.2) is 0 Å². The quantitative estimate of drug-likeness (QED) is 0.579. The number of rotatable bonds is 7. The Morgan fingerprint density at radius 3 is 2.26 bits per heavy atom. The van der Waals surface area contributed by atoms with Crippen molar-refractivity contribution in [3.05, 3.63) is 59.9 Å². The van der Waals surface area contributed by atoms with Crippen LogP contribution in [0.15, 0.2) is 53.7 Å². The number of aryl methyl sites for hydroxylation is 1. The summed E-state index contributed by atoms with van der Waals surface area (Å²) in [6.45, 7) is 6.96. The molecule has 0 saturated carbocycles. The zero-order valence-corrected chi connectivity index (χ0v) is 18.5. The number of carbonyl (C=O) groups is 1. The average molecular weight is 440 g/mol. The van der Waals surface area contributed by atoms with Crippen LogP contribution in [0, 0.1) is 6.92 Å². The molecule has 1 aliphatic rings. The van der Waals surface area contributed by atoms with Crippen molar-refractivity contribution in [1.82, 2.24) is 14.9 Å². The second-order valence-corrected chi connectivity index (χ2v) is 8.07. The third-order valence-electron chi connectivity index (χ3n) is 4.84. The number of nitrogens with zero attached hydrogens (tertiary/aromatic N) is 3. The molecule has 0 unspecified atom stereocenters. The van der Waals surface area contributed by atoms with Gasteiger partial charge in [0.25, 0.3) is 0 Å². The van der Waals surface area contributed by atoms with Crippen molar-refractivity contribution in [1.29, 1.82) is 0 Å². The van der Waals surface area contributed by atoms with Gasteiger partial charge < -0.3 is 20.2 Å². The van der Waals surface area contributed by atoms with E-state index in [0.717, 1.165) is 22.9 Å². The number of benzene rings is 2. The van der Waals surface area contributed by atoms with Crippen molar-refractivity contribution >= 4 is 23.4 Å². The predicted octanol–water partition coefficient (Wildman–Crippen LogP) is 3.78. The summed E-state index contributed by atoms with van der Waals surface area (Å²) in [7, 11) is 0. The van der Waals surface area contributed by atoms with Crippen LogP contribution in [-0.2, 0) is 4.79 Å². The van der Waals surface area contributed by atoms with E-state index in [9.17, 15) is 4.79 Å². The van der Waals surface area contributed by atoms with Crippen molar-refractivity contribution in [2.75, 3.05) is 24.0 Å². The first kappa shape index (κ1) is 21.0. The van der Waals surface area contributed by atoms with E-state index in [0.29, 0.717) is 24.1 Å². The lowest BCUT2D eigenvalue weighted by Gasteiger charge is -2.32. The van der Waals surface area contributed by atoms with Gasteiger partial charge in [-0.2, -0.15) is 0 Å². The van der Waals surface area contributed by atoms with E-state index in [1.165, 1.54) is 11.8 Å². The lowest BCUT2D eigenvalue weighted by atomic mass is 10.0. The van der Waals surface area contributed by atoms with E-state index in [1.54, 1.807) is 0 Å². The molecule has 0 fully saturated rings. The molecule has 0 saturated heterocycles. The van der Waals surface area contributed by atoms with Crippen molar-refractivity contribution in [3.63, 3.8) is 0 Å². The van der Waals surface area contributed by atoms with Crippen LogP contribution in [0.1, 0.15) is 31.3 Å². The second kappa shape index (κ2) is 9.30. The summed E-state index contributed by atoms with van der Waals surface area (Å²) < 4.78 is 12.8. The number of amides is 1. The lowest BCUT2D eigenvalue weighted by molar-refractivity contribution is -0.116. The Hall–Kier alpha value is -3.20. The van der Waals surface area contributed by atoms with Gasteiger partial charge in [-0.25, -0.2) is 4.68 Å². The molecule has 2 N–H and O–H groups in total. The Kier molecular flexibility index (Phi) is 6.31. The summed E-state index contributed by atoms with van der Waals surface area (Å²) in [5, 5.41) is 11.6. The highest BCUT2D eigenvalue weighted by atomic mass is 32.2. The maximum absolute atomic E-state index is 13.3. The number of anilines is 1. The summed E-state index contributed by atoms with van der Waals surface area (Å²) >= 11 is 1.39. The van der Waals surface area contributed by atoms with Gasteiger partial charge >= 0.3 is 0 Å². The first-order chi connectivity index (χ1) is 15.1. The standard InChI is InChI=1S/C22H25N5O3S/c1-4-29-17-10-6-15(7-11-17)19-20(31-22-25-24-14(3)27(22)26-19)21(28)23-16-8-12-18(13-9-16)30-5-2/h6-13,19-20,26H,4-5H2,1-3H3,(H,23,28)/t19-,20+/m0/s1. The SMILES string of the molecule is CCOc1ccc(NC(=O)[C@@H]2Sc3nnc(C)n3N[C@H]2c2ccc(OCC)cc2)cc1. The molecule has 2 aromatic carbocycles. The highest BCUT2D eigenvalue weighted by Crippen LogP contribution is 2.38. The van der Waals surface area contributed by atoms with E-state index in [1.807, 2.05) is 74.0 Å². The predicted molar refractivity (Wildman–Crippen MR) is 120 cm³/mol. The highest BCUT2D eigenvalue weighted by Gasteiger charge is 2.37. The Morgan fingerprint density at radius 1 is 1.03 bits per heavy atom. The molecule has 1 amide bonds. The molecule has 8 nitrogen and oxygen atoms in total. The summed E-state index contributed by atoms with van der Waals surface area (Å²) in [6, 6.07) is 14.9. The first-order valence-electron chi connectivity index (χ1n) is 10.2. The van der Waals surface area contributed by atoms with Gasteiger partial charge in [0.1, 0.15) is 22.6 Å². The van der Waals surface area contributed by atoms with Crippen LogP contribution >= 0.6 is 11.8 Å². The third kappa shape index (κ3) is 4.61. The van der Waals surface area contributed by atoms with Crippen molar-refractivity contribution in [2.45, 2.75) is 37.2 Å². The number of hydrogen-bond donors (Lipinski definition) is 2. The average Bonchev–Trinajstić information content (AvgIpc) is 3.15. The molecule has 2 atom stereocenters. The van der Waals surface area contributed by atoms with Crippen LogP contribution in [0.5, 0.6) is 11.5 Å². The minimum Gasteiger partial charge on any atom is -0.494 e. The van der Waals surface area contributed by atoms with Gasteiger partial charge in [-0.05, 0) is 62.7 Å². The van der Waals surface area contributed by atoms with E-state index in [-0.39, 0.29) is 11.9 Å². The third-order valence-corrected chi connectivity index (χ3v) is 6.06. The zero-order chi connectivity index (χ0) is 21.8. The molecule has 4 rings (SSSR count). The number of aromatic nitrogens is 3. The number of carbonyl (C=O) groups excluding carboxylic acids is 1. The van der Waals surface area contributed by atoms with Crippen molar-refractivity contribution in [2.24, 2.45) is 0 Å². The molecule has 0 aliphatic carbocycles. The Morgan fingerprint density at radius 2 is 1.65 bits per heavy atom. The lowest BCUT2D eigenvalue weighted by Crippen LogP contribution is -2.41. The van der Waals surface area contributed by atoms with Crippen LogP contribution in [0.3, 0.4) is 0 Å². The van der Waals surface area contributed by atoms with E-state index in [4.69, 9.17) is 9.47 Å². The fourth-order valence-electron chi connectivity index (χ4n) is 3.36. The number of thioether (sulfide) groups is 1. The molecule has 1 aliphatic heterocycles. The molecule has 1 aromatic heterocycles. The molecule has 0 spiro atoms. The van der Waals surface area contributed by atoms with E-state index in [2.05, 4.69) is 20.9 Å². The monoisotopic (exact) mass is 439 g/mol. The summed E-state index contributed by atoms with van der Waals surface area (Å²) in [6.07, 6.45) is 0. The van der Waals surface area contributed by atoms with Crippen molar-refractivity contribution in [3.8, 4) is 11.5 Å². The normalized spacial score (nSPS) is 17.4. The maximum atomic E-state index is 13.3. The fraction of sp³-hybridized carbons (Fsp3) is 0.318. The molecule has 3 aromatic rings.